The van der Waals surface area contributed by atoms with Crippen LogP contribution >= 0.6 is 15.9 Å². The minimum Gasteiger partial charge on any atom is -0.323 e. The molecule has 1 atom stereocenters. The first-order chi connectivity index (χ1) is 9.97. The number of alkyl halides is 1. The van der Waals surface area contributed by atoms with Gasteiger partial charge < -0.3 is 5.32 Å². The van der Waals surface area contributed by atoms with Gasteiger partial charge >= 0.3 is 0 Å². The molecule has 0 aliphatic carbocycles. The van der Waals surface area contributed by atoms with Gasteiger partial charge in [0.05, 0.1) is 10.5 Å². The average molecular weight is 358 g/mol. The van der Waals surface area contributed by atoms with Crippen molar-refractivity contribution in [2.24, 2.45) is 0 Å². The zero-order valence-electron chi connectivity index (χ0n) is 10.7. The van der Waals surface area contributed by atoms with Crippen LogP contribution in [0.15, 0.2) is 42.5 Å². The van der Waals surface area contributed by atoms with Gasteiger partial charge in [0.25, 0.3) is 0 Å². The smallest absolute Gasteiger partial charge is 0.238 e. The van der Waals surface area contributed by atoms with Crippen LogP contribution < -0.4 is 5.32 Å². The van der Waals surface area contributed by atoms with E-state index in [4.69, 9.17) is 0 Å². The van der Waals surface area contributed by atoms with Gasteiger partial charge in [0.15, 0.2) is 0 Å². The van der Waals surface area contributed by atoms with Gasteiger partial charge in [0.2, 0.25) is 5.91 Å². The Morgan fingerprint density at radius 3 is 2.52 bits per heavy atom. The monoisotopic (exact) mass is 357 g/mol. The highest BCUT2D eigenvalue weighted by molar-refractivity contribution is 9.10. The lowest BCUT2D eigenvalue weighted by molar-refractivity contribution is -0.115. The van der Waals surface area contributed by atoms with Crippen LogP contribution in [0.1, 0.15) is 5.56 Å². The topological polar surface area (TPSA) is 29.1 Å². The lowest BCUT2D eigenvalue weighted by Gasteiger charge is -2.12. The number of anilines is 1. The van der Waals surface area contributed by atoms with E-state index in [-0.39, 0.29) is 12.1 Å². The molecule has 0 aliphatic rings. The van der Waals surface area contributed by atoms with Crippen LogP contribution in [0, 0.1) is 17.5 Å². The molecule has 1 N–H and O–H groups in total. The largest absolute Gasteiger partial charge is 0.323 e. The quantitative estimate of drug-likeness (QED) is 0.821. The molecule has 0 heterocycles. The Morgan fingerprint density at radius 2 is 1.81 bits per heavy atom. The summed E-state index contributed by atoms with van der Waals surface area (Å²) in [5.74, 6) is -2.41. The molecule has 2 aromatic rings. The van der Waals surface area contributed by atoms with Gasteiger partial charge in [0.1, 0.15) is 17.5 Å². The Balaban J connectivity index is 2.06. The third-order valence-corrected chi connectivity index (χ3v) is 3.57. The molecule has 110 valence electrons. The molecule has 21 heavy (non-hydrogen) atoms. The first-order valence-electron chi connectivity index (χ1n) is 6.11. The highest BCUT2D eigenvalue weighted by Crippen LogP contribution is 2.19. The molecule has 2 nitrogen and oxygen atoms in total. The highest BCUT2D eigenvalue weighted by atomic mass is 79.9. The SMILES string of the molecule is O=C(Nc1cc(F)ccc1F)C(Br)Cc1ccccc1F. The summed E-state index contributed by atoms with van der Waals surface area (Å²) >= 11 is 3.12. The number of nitrogens with one attached hydrogen (secondary N) is 1. The van der Waals surface area contributed by atoms with Crippen LogP contribution in [-0.4, -0.2) is 10.7 Å². The molecule has 0 saturated heterocycles. The Labute approximate surface area is 128 Å². The van der Waals surface area contributed by atoms with Crippen LogP contribution in [-0.2, 0) is 11.2 Å². The Bertz CT molecular complexity index is 663. The van der Waals surface area contributed by atoms with E-state index >= 15 is 0 Å². The van der Waals surface area contributed by atoms with Crippen molar-refractivity contribution in [3.05, 3.63) is 65.5 Å². The second kappa shape index (κ2) is 6.76. The van der Waals surface area contributed by atoms with E-state index in [9.17, 15) is 18.0 Å². The second-order valence-electron chi connectivity index (χ2n) is 4.38. The fraction of sp³-hybridized carbons (Fsp3) is 0.133. The van der Waals surface area contributed by atoms with E-state index in [2.05, 4.69) is 21.2 Å². The lowest BCUT2D eigenvalue weighted by Crippen LogP contribution is -2.25. The molecular formula is C15H11BrF3NO. The van der Waals surface area contributed by atoms with Crippen molar-refractivity contribution in [3.8, 4) is 0 Å². The number of carbonyl (C=O) groups excluding carboxylic acids is 1. The van der Waals surface area contributed by atoms with Gasteiger partial charge in [0, 0.05) is 6.07 Å². The van der Waals surface area contributed by atoms with Crippen molar-refractivity contribution in [2.45, 2.75) is 11.2 Å². The fourth-order valence-electron chi connectivity index (χ4n) is 1.75. The van der Waals surface area contributed by atoms with Gasteiger partial charge in [-0.1, -0.05) is 34.1 Å². The number of halogens is 4. The maximum atomic E-state index is 13.5. The van der Waals surface area contributed by atoms with Crippen LogP contribution in [0.25, 0.3) is 0 Å². The van der Waals surface area contributed by atoms with Crippen molar-refractivity contribution in [1.82, 2.24) is 0 Å². The standard InChI is InChI=1S/C15H11BrF3NO/c16-11(7-9-3-1-2-4-12(9)18)15(21)20-14-8-10(17)5-6-13(14)19/h1-6,8,11H,7H2,(H,20,21). The summed E-state index contributed by atoms with van der Waals surface area (Å²) in [4.78, 5) is 11.2. The predicted molar refractivity (Wildman–Crippen MR) is 77.8 cm³/mol. The summed E-state index contributed by atoms with van der Waals surface area (Å²) < 4.78 is 39.9. The van der Waals surface area contributed by atoms with Crippen molar-refractivity contribution < 1.29 is 18.0 Å². The molecule has 0 saturated carbocycles. The number of rotatable bonds is 4. The van der Waals surface area contributed by atoms with E-state index in [1.54, 1.807) is 18.2 Å². The van der Waals surface area contributed by atoms with Gasteiger partial charge in [-0.25, -0.2) is 13.2 Å². The molecule has 6 heteroatoms. The zero-order valence-corrected chi connectivity index (χ0v) is 12.3. The van der Waals surface area contributed by atoms with Crippen molar-refractivity contribution >= 4 is 27.5 Å². The first-order valence-corrected chi connectivity index (χ1v) is 7.02. The number of hydrogen-bond donors (Lipinski definition) is 1. The Morgan fingerprint density at radius 1 is 1.10 bits per heavy atom. The van der Waals surface area contributed by atoms with Crippen LogP contribution in [0.3, 0.4) is 0 Å². The van der Waals surface area contributed by atoms with E-state index in [0.29, 0.717) is 5.56 Å². The molecule has 2 rings (SSSR count). The zero-order chi connectivity index (χ0) is 15.4. The maximum Gasteiger partial charge on any atom is 0.238 e. The maximum absolute atomic E-state index is 13.5. The molecule has 0 aromatic heterocycles. The Hall–Kier alpha value is -1.82. The molecule has 0 spiro atoms. The summed E-state index contributed by atoms with van der Waals surface area (Å²) in [7, 11) is 0. The van der Waals surface area contributed by atoms with Gasteiger partial charge in [-0.15, -0.1) is 0 Å². The minimum atomic E-state index is -0.767. The van der Waals surface area contributed by atoms with E-state index in [1.807, 2.05) is 0 Å². The van der Waals surface area contributed by atoms with E-state index < -0.39 is 28.2 Å². The normalized spacial score (nSPS) is 12.0. The number of amides is 1. The summed E-state index contributed by atoms with van der Waals surface area (Å²) in [5, 5.41) is 2.27. The van der Waals surface area contributed by atoms with Crippen LogP contribution in [0.2, 0.25) is 0 Å². The van der Waals surface area contributed by atoms with Crippen molar-refractivity contribution in [3.63, 3.8) is 0 Å². The van der Waals surface area contributed by atoms with E-state index in [1.165, 1.54) is 6.07 Å². The van der Waals surface area contributed by atoms with Crippen LogP contribution in [0.4, 0.5) is 18.9 Å². The molecule has 1 unspecified atom stereocenters. The second-order valence-corrected chi connectivity index (χ2v) is 5.48. The van der Waals surface area contributed by atoms with E-state index in [0.717, 1.165) is 18.2 Å². The molecule has 0 fully saturated rings. The fourth-order valence-corrected chi connectivity index (χ4v) is 2.22. The van der Waals surface area contributed by atoms with Crippen molar-refractivity contribution in [1.29, 1.82) is 0 Å². The summed E-state index contributed by atoms with van der Waals surface area (Å²) in [5.41, 5.74) is 0.104. The molecule has 0 radical (unpaired) electrons. The number of carbonyl (C=O) groups is 1. The highest BCUT2D eigenvalue weighted by Gasteiger charge is 2.18. The molecular weight excluding hydrogens is 347 g/mol. The first kappa shape index (κ1) is 15.6. The predicted octanol–water partition coefficient (Wildman–Crippen LogP) is 4.05. The summed E-state index contributed by atoms with van der Waals surface area (Å²) in [6.45, 7) is 0. The van der Waals surface area contributed by atoms with Crippen molar-refractivity contribution in [2.75, 3.05) is 5.32 Å². The molecule has 1 amide bonds. The third kappa shape index (κ3) is 4.07. The minimum absolute atomic E-state index is 0.0927. The van der Waals surface area contributed by atoms with Gasteiger partial charge in [-0.2, -0.15) is 0 Å². The number of benzene rings is 2. The van der Waals surface area contributed by atoms with Gasteiger partial charge in [-0.3, -0.25) is 4.79 Å². The van der Waals surface area contributed by atoms with Gasteiger partial charge in [-0.05, 0) is 30.2 Å². The number of hydrogen-bond acceptors (Lipinski definition) is 1. The lowest BCUT2D eigenvalue weighted by atomic mass is 10.1. The molecule has 0 aliphatic heterocycles. The summed E-state index contributed by atoms with van der Waals surface area (Å²) in [6, 6.07) is 8.81. The molecule has 2 aromatic carbocycles. The van der Waals surface area contributed by atoms with Crippen LogP contribution in [0.5, 0.6) is 0 Å². The average Bonchev–Trinajstić information content (AvgIpc) is 2.45. The molecule has 0 bridgehead atoms. The Kier molecular flexibility index (Phi) is 5.01. The summed E-state index contributed by atoms with van der Waals surface area (Å²) in [6.07, 6.45) is 0.0927. The third-order valence-electron chi connectivity index (χ3n) is 2.83.